The maximum absolute atomic E-state index is 13.0. The molecule has 1 nitrogen and oxygen atoms in total. The molecule has 0 saturated carbocycles. The molecular weight excluding hydrogens is 277 g/mol. The van der Waals surface area contributed by atoms with Gasteiger partial charge in [-0.15, -0.1) is 0 Å². The van der Waals surface area contributed by atoms with Crippen LogP contribution in [-0.4, -0.2) is 12.0 Å². The van der Waals surface area contributed by atoms with Crippen LogP contribution < -0.4 is 0 Å². The molecule has 1 aliphatic carbocycles. The van der Waals surface area contributed by atoms with E-state index in [9.17, 15) is 18.0 Å². The second-order valence-corrected chi connectivity index (χ2v) is 4.48. The van der Waals surface area contributed by atoms with Gasteiger partial charge in [0.15, 0.2) is 5.78 Å². The van der Waals surface area contributed by atoms with Crippen molar-refractivity contribution in [1.82, 2.24) is 0 Å². The van der Waals surface area contributed by atoms with Gasteiger partial charge in [0.05, 0.1) is 10.6 Å². The molecule has 0 aromatic heterocycles. The van der Waals surface area contributed by atoms with Gasteiger partial charge in [-0.1, -0.05) is 41.9 Å². The average molecular weight is 286 g/mol. The van der Waals surface area contributed by atoms with Crippen molar-refractivity contribution in [2.45, 2.75) is 19.0 Å². The van der Waals surface area contributed by atoms with Crippen molar-refractivity contribution in [3.8, 4) is 0 Å². The number of ketones is 1. The molecule has 1 aliphatic rings. The normalized spacial score (nSPS) is 16.6. The number of carbonyl (C=O) groups is 1. The molecule has 19 heavy (non-hydrogen) atoms. The van der Waals surface area contributed by atoms with Crippen molar-refractivity contribution >= 4 is 17.4 Å². The number of hydrogen-bond donors (Lipinski definition) is 0. The zero-order valence-electron chi connectivity index (χ0n) is 9.72. The molecule has 99 valence electrons. The van der Waals surface area contributed by atoms with E-state index in [1.165, 1.54) is 0 Å². The van der Waals surface area contributed by atoms with Crippen LogP contribution in [0.25, 0.3) is 0 Å². The van der Waals surface area contributed by atoms with Crippen molar-refractivity contribution in [2.24, 2.45) is 0 Å². The summed E-state index contributed by atoms with van der Waals surface area (Å²) in [4.78, 5) is 11.3. The summed E-state index contributed by atoms with van der Waals surface area (Å²) in [7, 11) is 0. The highest BCUT2D eigenvalue weighted by Gasteiger charge is 2.41. The van der Waals surface area contributed by atoms with Crippen LogP contribution in [0.1, 0.15) is 12.0 Å². The molecule has 0 heterocycles. The van der Waals surface area contributed by atoms with E-state index in [0.29, 0.717) is 5.56 Å². The number of carbonyl (C=O) groups excluding carboxylic acids is 1. The van der Waals surface area contributed by atoms with Gasteiger partial charge in [0.2, 0.25) is 0 Å². The van der Waals surface area contributed by atoms with E-state index in [2.05, 4.69) is 6.08 Å². The smallest absolute Gasteiger partial charge is 0.293 e. The minimum Gasteiger partial charge on any atom is -0.293 e. The van der Waals surface area contributed by atoms with E-state index in [1.807, 2.05) is 0 Å². The quantitative estimate of drug-likeness (QED) is 0.803. The van der Waals surface area contributed by atoms with Crippen molar-refractivity contribution in [1.29, 1.82) is 0 Å². The standard InChI is InChI=1S/C14H9ClF3O/c15-13-11(19)7-6-10(12(13)14(16,17)18)8-9-4-2-1-3-5-9/h1-5H,7-8H2. The lowest BCUT2D eigenvalue weighted by atomic mass is 9.91. The first-order valence-electron chi connectivity index (χ1n) is 5.53. The Balaban J connectivity index is 2.37. The molecular formula is C14H9ClF3O. The minimum atomic E-state index is -4.65. The van der Waals surface area contributed by atoms with Gasteiger partial charge in [0.1, 0.15) is 0 Å². The lowest BCUT2D eigenvalue weighted by Crippen LogP contribution is -2.22. The Morgan fingerprint density at radius 3 is 2.42 bits per heavy atom. The van der Waals surface area contributed by atoms with E-state index in [0.717, 1.165) is 0 Å². The molecule has 0 aliphatic heterocycles. The summed E-state index contributed by atoms with van der Waals surface area (Å²) < 4.78 is 38.9. The Bertz CT molecular complexity index is 556. The highest BCUT2D eigenvalue weighted by atomic mass is 35.5. The van der Waals surface area contributed by atoms with Crippen LogP contribution in [0.2, 0.25) is 0 Å². The third kappa shape index (κ3) is 3.07. The molecule has 5 heteroatoms. The Labute approximate surface area is 113 Å². The maximum Gasteiger partial charge on any atom is 0.418 e. The number of benzene rings is 1. The number of halogens is 4. The molecule has 0 saturated heterocycles. The predicted molar refractivity (Wildman–Crippen MR) is 65.5 cm³/mol. The van der Waals surface area contributed by atoms with Gasteiger partial charge < -0.3 is 0 Å². The molecule has 1 aromatic carbocycles. The summed E-state index contributed by atoms with van der Waals surface area (Å²) in [5.74, 6) is -0.745. The monoisotopic (exact) mass is 285 g/mol. The number of rotatable bonds is 2. The predicted octanol–water partition coefficient (Wildman–Crippen LogP) is 3.99. The molecule has 0 unspecified atom stereocenters. The van der Waals surface area contributed by atoms with Crippen LogP contribution in [0.4, 0.5) is 13.2 Å². The average Bonchev–Trinajstić information content (AvgIpc) is 2.34. The fourth-order valence-corrected chi connectivity index (χ4v) is 2.16. The van der Waals surface area contributed by atoms with E-state index in [4.69, 9.17) is 11.6 Å². The molecule has 0 bridgehead atoms. The van der Waals surface area contributed by atoms with Crippen molar-refractivity contribution < 1.29 is 18.0 Å². The number of alkyl halides is 3. The van der Waals surface area contributed by atoms with Crippen molar-refractivity contribution in [2.75, 3.05) is 0 Å². The van der Waals surface area contributed by atoms with Gasteiger partial charge in [-0.3, -0.25) is 4.79 Å². The van der Waals surface area contributed by atoms with Crippen LogP contribution in [0.3, 0.4) is 0 Å². The van der Waals surface area contributed by atoms with Crippen molar-refractivity contribution in [3.05, 3.63) is 58.1 Å². The van der Waals surface area contributed by atoms with Crippen molar-refractivity contribution in [3.63, 3.8) is 0 Å². The number of allylic oxidation sites excluding steroid dienone is 4. The van der Waals surface area contributed by atoms with Gasteiger partial charge in [-0.05, 0) is 23.6 Å². The van der Waals surface area contributed by atoms with E-state index in [1.54, 1.807) is 30.3 Å². The van der Waals surface area contributed by atoms with Gasteiger partial charge in [-0.25, -0.2) is 0 Å². The van der Waals surface area contributed by atoms with Crippen LogP contribution in [-0.2, 0) is 11.2 Å². The molecule has 0 N–H and O–H groups in total. The van der Waals surface area contributed by atoms with Gasteiger partial charge >= 0.3 is 6.18 Å². The van der Waals surface area contributed by atoms with Gasteiger partial charge in [0.25, 0.3) is 0 Å². The molecule has 0 fully saturated rings. The highest BCUT2D eigenvalue weighted by Crippen LogP contribution is 2.39. The van der Waals surface area contributed by atoms with Crippen LogP contribution >= 0.6 is 11.6 Å². The summed E-state index contributed by atoms with van der Waals surface area (Å²) in [6, 6.07) is 8.68. The highest BCUT2D eigenvalue weighted by molar-refractivity contribution is 6.43. The maximum atomic E-state index is 13.0. The Morgan fingerprint density at radius 1 is 1.21 bits per heavy atom. The van der Waals surface area contributed by atoms with Crippen LogP contribution in [0.5, 0.6) is 0 Å². The summed E-state index contributed by atoms with van der Waals surface area (Å²) in [6.45, 7) is 0. The van der Waals surface area contributed by atoms with Crippen LogP contribution in [0, 0.1) is 6.08 Å². The van der Waals surface area contributed by atoms with E-state index >= 15 is 0 Å². The molecule has 0 spiro atoms. The summed E-state index contributed by atoms with van der Waals surface area (Å²) in [6.07, 6.45) is -2.29. The lowest BCUT2D eigenvalue weighted by Gasteiger charge is -2.20. The first kappa shape index (κ1) is 13.9. The van der Waals surface area contributed by atoms with Gasteiger partial charge in [0, 0.05) is 6.42 Å². The summed E-state index contributed by atoms with van der Waals surface area (Å²) in [5, 5.41) is -0.739. The first-order valence-corrected chi connectivity index (χ1v) is 5.91. The first-order chi connectivity index (χ1) is 8.89. The fraction of sp³-hybridized carbons (Fsp3) is 0.214. The summed E-state index contributed by atoms with van der Waals surface area (Å²) in [5.41, 5.74) is -0.414. The second kappa shape index (κ2) is 5.21. The minimum absolute atomic E-state index is 0.0547. The largest absolute Gasteiger partial charge is 0.418 e. The summed E-state index contributed by atoms with van der Waals surface area (Å²) >= 11 is 5.53. The van der Waals surface area contributed by atoms with E-state index in [-0.39, 0.29) is 18.4 Å². The fourth-order valence-electron chi connectivity index (χ4n) is 1.87. The zero-order chi connectivity index (χ0) is 14.0. The number of Topliss-reactive ketones (excluding diaryl/α,β-unsaturated/α-hetero) is 1. The molecule has 0 atom stereocenters. The molecule has 0 amide bonds. The molecule has 2 rings (SSSR count). The molecule has 1 aromatic rings. The number of hydrogen-bond acceptors (Lipinski definition) is 1. The van der Waals surface area contributed by atoms with Crippen LogP contribution in [0.15, 0.2) is 46.5 Å². The topological polar surface area (TPSA) is 17.1 Å². The Hall–Kier alpha value is -1.55. The third-order valence-electron chi connectivity index (χ3n) is 2.74. The van der Waals surface area contributed by atoms with Gasteiger partial charge in [-0.2, -0.15) is 13.2 Å². The zero-order valence-corrected chi connectivity index (χ0v) is 10.5. The Morgan fingerprint density at radius 2 is 1.84 bits per heavy atom. The Kier molecular flexibility index (Phi) is 3.80. The van der Waals surface area contributed by atoms with E-state index < -0.39 is 22.6 Å². The second-order valence-electron chi connectivity index (χ2n) is 4.10. The third-order valence-corrected chi connectivity index (χ3v) is 3.14. The lowest BCUT2D eigenvalue weighted by molar-refractivity contribution is -0.116. The SMILES string of the molecule is O=C1C[C]=C(Cc2ccccc2)C(C(F)(F)F)=C1Cl. The molecule has 1 radical (unpaired) electrons.